The third kappa shape index (κ3) is 2.07. The van der Waals surface area contributed by atoms with Crippen molar-refractivity contribution in [1.29, 1.82) is 0 Å². The quantitative estimate of drug-likeness (QED) is 0.674. The summed E-state index contributed by atoms with van der Waals surface area (Å²) < 4.78 is 1.18. The number of hydrogen-bond acceptors (Lipinski definition) is 4. The Morgan fingerprint density at radius 2 is 1.94 bits per heavy atom. The number of rotatable bonds is 2. The minimum absolute atomic E-state index is 0.746. The monoisotopic (exact) mass is 241 g/mol. The molecule has 0 saturated heterocycles. The summed E-state index contributed by atoms with van der Waals surface area (Å²) in [5.41, 5.74) is 8.46. The van der Waals surface area contributed by atoms with Gasteiger partial charge in [-0.15, -0.1) is 0 Å². The number of benzene rings is 2. The number of aromatic nitrogens is 1. The van der Waals surface area contributed by atoms with E-state index >= 15 is 0 Å². The van der Waals surface area contributed by atoms with Crippen molar-refractivity contribution in [1.82, 2.24) is 4.98 Å². The molecule has 0 aliphatic carbocycles. The zero-order chi connectivity index (χ0) is 11.7. The van der Waals surface area contributed by atoms with Crippen molar-refractivity contribution < 1.29 is 0 Å². The molecule has 0 bridgehead atoms. The average Bonchev–Trinajstić information content (AvgIpc) is 2.71. The van der Waals surface area contributed by atoms with E-state index in [9.17, 15) is 0 Å². The Balaban J connectivity index is 1.94. The normalized spacial score (nSPS) is 10.6. The lowest BCUT2D eigenvalue weighted by atomic mass is 10.3. The van der Waals surface area contributed by atoms with Gasteiger partial charge in [0, 0.05) is 11.4 Å². The molecule has 0 saturated carbocycles. The molecule has 4 heteroatoms. The van der Waals surface area contributed by atoms with Crippen LogP contribution in [0.1, 0.15) is 0 Å². The minimum Gasteiger partial charge on any atom is -0.399 e. The fourth-order valence-electron chi connectivity index (χ4n) is 1.67. The van der Waals surface area contributed by atoms with Gasteiger partial charge in [-0.05, 0) is 30.3 Å². The van der Waals surface area contributed by atoms with Crippen molar-refractivity contribution >= 4 is 38.1 Å². The topological polar surface area (TPSA) is 50.9 Å². The second-order valence-corrected chi connectivity index (χ2v) is 4.77. The molecule has 3 rings (SSSR count). The van der Waals surface area contributed by atoms with E-state index in [0.717, 1.165) is 22.0 Å². The summed E-state index contributed by atoms with van der Waals surface area (Å²) in [4.78, 5) is 4.50. The van der Waals surface area contributed by atoms with Gasteiger partial charge in [-0.25, -0.2) is 4.98 Å². The maximum atomic E-state index is 5.73. The molecule has 1 aromatic heterocycles. The number of nitrogens with two attached hydrogens (primary N) is 1. The van der Waals surface area contributed by atoms with Crippen LogP contribution in [0.3, 0.4) is 0 Å². The number of nitrogens with one attached hydrogen (secondary N) is 1. The molecule has 3 nitrogen and oxygen atoms in total. The van der Waals surface area contributed by atoms with Crippen LogP contribution in [0.2, 0.25) is 0 Å². The van der Waals surface area contributed by atoms with Crippen molar-refractivity contribution in [3.05, 3.63) is 48.5 Å². The number of fused-ring (bicyclic) bond motifs is 1. The van der Waals surface area contributed by atoms with Crippen LogP contribution < -0.4 is 11.1 Å². The van der Waals surface area contributed by atoms with Crippen LogP contribution >= 0.6 is 11.3 Å². The van der Waals surface area contributed by atoms with Gasteiger partial charge >= 0.3 is 0 Å². The van der Waals surface area contributed by atoms with Crippen LogP contribution in [0.25, 0.3) is 10.2 Å². The Morgan fingerprint density at radius 1 is 1.06 bits per heavy atom. The Morgan fingerprint density at radius 3 is 2.76 bits per heavy atom. The Kier molecular flexibility index (Phi) is 2.42. The molecule has 0 unspecified atom stereocenters. The van der Waals surface area contributed by atoms with Crippen LogP contribution in [-0.4, -0.2) is 4.98 Å². The van der Waals surface area contributed by atoms with Gasteiger partial charge in [-0.2, -0.15) is 0 Å². The van der Waals surface area contributed by atoms with Gasteiger partial charge in [-0.1, -0.05) is 29.5 Å². The molecule has 1 heterocycles. The molecule has 84 valence electrons. The lowest BCUT2D eigenvalue weighted by Crippen LogP contribution is -1.91. The lowest BCUT2D eigenvalue weighted by molar-refractivity contribution is 1.44. The zero-order valence-electron chi connectivity index (χ0n) is 9.05. The fraction of sp³-hybridized carbons (Fsp3) is 0. The predicted molar refractivity (Wildman–Crippen MR) is 73.8 cm³/mol. The molecule has 17 heavy (non-hydrogen) atoms. The van der Waals surface area contributed by atoms with Gasteiger partial charge in [0.05, 0.1) is 10.2 Å². The van der Waals surface area contributed by atoms with Crippen LogP contribution in [0, 0.1) is 0 Å². The van der Waals surface area contributed by atoms with Crippen molar-refractivity contribution in [3.8, 4) is 0 Å². The highest BCUT2D eigenvalue weighted by Gasteiger charge is 2.02. The van der Waals surface area contributed by atoms with Gasteiger partial charge in [-0.3, -0.25) is 0 Å². The van der Waals surface area contributed by atoms with Crippen molar-refractivity contribution in [2.24, 2.45) is 0 Å². The van der Waals surface area contributed by atoms with E-state index in [2.05, 4.69) is 16.4 Å². The number of thiazole rings is 1. The summed E-state index contributed by atoms with van der Waals surface area (Å²) in [5, 5.41) is 4.15. The van der Waals surface area contributed by atoms with Crippen LogP contribution in [0.5, 0.6) is 0 Å². The van der Waals surface area contributed by atoms with E-state index in [1.165, 1.54) is 4.70 Å². The van der Waals surface area contributed by atoms with Crippen LogP contribution in [-0.2, 0) is 0 Å². The van der Waals surface area contributed by atoms with Gasteiger partial charge in [0.2, 0.25) is 0 Å². The van der Waals surface area contributed by atoms with Crippen LogP contribution in [0.15, 0.2) is 48.5 Å². The molecular weight excluding hydrogens is 230 g/mol. The molecule has 0 spiro atoms. The van der Waals surface area contributed by atoms with E-state index in [4.69, 9.17) is 5.73 Å². The predicted octanol–water partition coefficient (Wildman–Crippen LogP) is 3.62. The Labute approximate surface area is 103 Å². The average molecular weight is 241 g/mol. The van der Waals surface area contributed by atoms with E-state index in [1.807, 2.05) is 42.5 Å². The number of para-hydroxylation sites is 1. The van der Waals surface area contributed by atoms with Crippen LogP contribution in [0.4, 0.5) is 16.5 Å². The second-order valence-electron chi connectivity index (χ2n) is 3.74. The lowest BCUT2D eigenvalue weighted by Gasteiger charge is -2.02. The summed E-state index contributed by atoms with van der Waals surface area (Å²) in [6, 6.07) is 15.7. The summed E-state index contributed by atoms with van der Waals surface area (Å²) >= 11 is 1.63. The maximum absolute atomic E-state index is 5.73. The number of hydrogen-bond donors (Lipinski definition) is 2. The molecule has 0 atom stereocenters. The standard InChI is InChI=1S/C13H11N3S/c14-9-4-3-5-10(8-9)15-13-16-11-6-1-2-7-12(11)17-13/h1-8H,14H2,(H,15,16). The summed E-state index contributed by atoms with van der Waals surface area (Å²) in [7, 11) is 0. The zero-order valence-corrected chi connectivity index (χ0v) is 9.87. The van der Waals surface area contributed by atoms with Gasteiger partial charge < -0.3 is 11.1 Å². The van der Waals surface area contributed by atoms with Crippen molar-refractivity contribution in [2.75, 3.05) is 11.1 Å². The first-order valence-corrected chi connectivity index (χ1v) is 6.11. The van der Waals surface area contributed by atoms with Crippen molar-refractivity contribution in [3.63, 3.8) is 0 Å². The smallest absolute Gasteiger partial charge is 0.188 e. The van der Waals surface area contributed by atoms with Crippen molar-refractivity contribution in [2.45, 2.75) is 0 Å². The minimum atomic E-state index is 0.746. The molecule has 0 fully saturated rings. The van der Waals surface area contributed by atoms with E-state index in [-0.39, 0.29) is 0 Å². The molecule has 3 N–H and O–H groups in total. The van der Waals surface area contributed by atoms with E-state index < -0.39 is 0 Å². The molecule has 0 aliphatic heterocycles. The first-order chi connectivity index (χ1) is 8.31. The molecule has 0 amide bonds. The number of nitrogen functional groups attached to an aromatic ring is 1. The third-order valence-electron chi connectivity index (χ3n) is 2.43. The second kappa shape index (κ2) is 4.07. The fourth-order valence-corrected chi connectivity index (χ4v) is 2.55. The van der Waals surface area contributed by atoms with Gasteiger partial charge in [0.1, 0.15) is 0 Å². The Hall–Kier alpha value is -2.07. The summed E-state index contributed by atoms with van der Waals surface area (Å²) in [5.74, 6) is 0. The van der Waals surface area contributed by atoms with Gasteiger partial charge in [0.25, 0.3) is 0 Å². The molecular formula is C13H11N3S. The number of nitrogens with zero attached hydrogens (tertiary/aromatic N) is 1. The Bertz CT molecular complexity index is 627. The maximum Gasteiger partial charge on any atom is 0.188 e. The number of anilines is 3. The highest BCUT2D eigenvalue weighted by Crippen LogP contribution is 2.28. The first-order valence-electron chi connectivity index (χ1n) is 5.29. The summed E-state index contributed by atoms with van der Waals surface area (Å²) in [6.45, 7) is 0. The first kappa shape index (κ1) is 10.1. The van der Waals surface area contributed by atoms with E-state index in [1.54, 1.807) is 11.3 Å². The molecule has 0 radical (unpaired) electrons. The largest absolute Gasteiger partial charge is 0.399 e. The molecule has 3 aromatic rings. The van der Waals surface area contributed by atoms with E-state index in [0.29, 0.717) is 0 Å². The third-order valence-corrected chi connectivity index (χ3v) is 3.38. The molecule has 0 aliphatic rings. The SMILES string of the molecule is Nc1cccc(Nc2nc3ccccc3s2)c1. The molecule has 2 aromatic carbocycles. The summed E-state index contributed by atoms with van der Waals surface area (Å²) in [6.07, 6.45) is 0. The highest BCUT2D eigenvalue weighted by molar-refractivity contribution is 7.22. The highest BCUT2D eigenvalue weighted by atomic mass is 32.1. The van der Waals surface area contributed by atoms with Gasteiger partial charge in [0.15, 0.2) is 5.13 Å².